The van der Waals surface area contributed by atoms with Gasteiger partial charge in [0.25, 0.3) is 0 Å². The fraction of sp³-hybridized carbons (Fsp3) is 0.464. The summed E-state index contributed by atoms with van der Waals surface area (Å²) in [5.41, 5.74) is 3.41. The maximum atomic E-state index is 12.9. The van der Waals surface area contributed by atoms with E-state index in [2.05, 4.69) is 25.8 Å². The van der Waals surface area contributed by atoms with E-state index in [1.165, 1.54) is 6.20 Å². The third-order valence-electron chi connectivity index (χ3n) is 7.20. The van der Waals surface area contributed by atoms with Gasteiger partial charge in [-0.1, -0.05) is 50.5 Å². The predicted octanol–water partition coefficient (Wildman–Crippen LogP) is 5.76. The monoisotopic (exact) mass is 541 g/mol. The predicted molar refractivity (Wildman–Crippen MR) is 137 cm³/mol. The molecule has 0 aliphatic heterocycles. The van der Waals surface area contributed by atoms with Crippen LogP contribution in [0.1, 0.15) is 80.1 Å². The van der Waals surface area contributed by atoms with E-state index in [0.717, 1.165) is 47.9 Å². The number of hydrogen-bond acceptors (Lipinski definition) is 6. The smallest absolute Gasteiger partial charge is 0.341 e. The van der Waals surface area contributed by atoms with Gasteiger partial charge >= 0.3 is 18.0 Å². The molecule has 2 aromatic heterocycles. The molecule has 2 heterocycles. The molecule has 2 aliphatic carbocycles. The molecule has 2 aliphatic rings. The highest BCUT2D eigenvalue weighted by Crippen LogP contribution is 2.50. The Hall–Kier alpha value is -3.76. The molecular formula is C28H30F3N5O3. The minimum absolute atomic E-state index is 0.0681. The average molecular weight is 542 g/mol. The van der Waals surface area contributed by atoms with Gasteiger partial charge in [-0.25, -0.2) is 4.98 Å². The van der Waals surface area contributed by atoms with Crippen molar-refractivity contribution in [3.05, 3.63) is 59.4 Å². The summed E-state index contributed by atoms with van der Waals surface area (Å²) in [7, 11) is 0. The molecule has 3 atom stereocenters. The minimum atomic E-state index is -4.36. The van der Waals surface area contributed by atoms with Gasteiger partial charge in [-0.05, 0) is 60.1 Å². The van der Waals surface area contributed by atoms with E-state index in [1.54, 1.807) is 12.1 Å². The van der Waals surface area contributed by atoms with Crippen molar-refractivity contribution in [2.24, 2.45) is 11.8 Å². The van der Waals surface area contributed by atoms with E-state index >= 15 is 0 Å². The fourth-order valence-electron chi connectivity index (χ4n) is 4.90. The molecule has 0 spiro atoms. The molecule has 8 nitrogen and oxygen atoms in total. The molecule has 2 amide bonds. The van der Waals surface area contributed by atoms with E-state index in [0.29, 0.717) is 5.82 Å². The number of anilines is 1. The summed E-state index contributed by atoms with van der Waals surface area (Å²) in [4.78, 5) is 33.6. The zero-order valence-corrected chi connectivity index (χ0v) is 21.9. The summed E-state index contributed by atoms with van der Waals surface area (Å²) >= 11 is 0. The number of nitrogens with one attached hydrogen (secondary N) is 2. The van der Waals surface area contributed by atoms with Gasteiger partial charge in [-0.2, -0.15) is 18.2 Å². The molecule has 11 heteroatoms. The van der Waals surface area contributed by atoms with Crippen molar-refractivity contribution in [2.45, 2.75) is 70.5 Å². The first-order chi connectivity index (χ1) is 18.4. The standard InChI is InChI=1S/C28H30F3N5O3/c1-27(2,3)26-35-25(39-36-26)24(38)33-21-7-5-4-6-17-12-15(8-9-18(17)21)16-10-11-32-22(13-16)34-23(37)19-14-20(19)28(29,30)31/h8-13,19-21H,4-7,14H2,1-3H3,(H,33,38)(H,32,34,37)/t19-,20+,21-/m1/s1. The van der Waals surface area contributed by atoms with Crippen molar-refractivity contribution in [3.63, 3.8) is 0 Å². The summed E-state index contributed by atoms with van der Waals surface area (Å²) in [5, 5.41) is 9.50. The van der Waals surface area contributed by atoms with Crippen molar-refractivity contribution in [1.82, 2.24) is 20.4 Å². The van der Waals surface area contributed by atoms with Crippen LogP contribution < -0.4 is 10.6 Å². The number of nitrogens with zero attached hydrogens (tertiary/aromatic N) is 3. The summed E-state index contributed by atoms with van der Waals surface area (Å²) in [5.74, 6) is -3.14. The number of carbonyl (C=O) groups is 2. The van der Waals surface area contributed by atoms with Crippen LogP contribution in [-0.4, -0.2) is 33.1 Å². The molecule has 1 aromatic carbocycles. The number of hydrogen-bond donors (Lipinski definition) is 2. The second kappa shape index (κ2) is 10.1. The van der Waals surface area contributed by atoms with Crippen molar-refractivity contribution in [3.8, 4) is 11.1 Å². The second-order valence-electron chi connectivity index (χ2n) is 11.3. The minimum Gasteiger partial charge on any atom is -0.341 e. The number of carbonyl (C=O) groups excluding carboxylic acids is 2. The van der Waals surface area contributed by atoms with Gasteiger partial charge in [0.1, 0.15) is 5.82 Å². The Morgan fingerprint density at radius 2 is 1.82 bits per heavy atom. The lowest BCUT2D eigenvalue weighted by Crippen LogP contribution is -2.29. The van der Waals surface area contributed by atoms with Gasteiger partial charge in [0.2, 0.25) is 5.91 Å². The highest BCUT2D eigenvalue weighted by Gasteiger charge is 2.58. The Kier molecular flexibility index (Phi) is 6.94. The molecular weight excluding hydrogens is 511 g/mol. The summed E-state index contributed by atoms with van der Waals surface area (Å²) in [6, 6.07) is 9.17. The molecule has 0 bridgehead atoms. The number of benzene rings is 1. The number of amides is 2. The molecule has 0 saturated heterocycles. The maximum absolute atomic E-state index is 12.9. The van der Waals surface area contributed by atoms with Gasteiger partial charge < -0.3 is 15.2 Å². The van der Waals surface area contributed by atoms with Crippen LogP contribution in [0.3, 0.4) is 0 Å². The Balaban J connectivity index is 1.31. The van der Waals surface area contributed by atoms with Crippen LogP contribution in [0, 0.1) is 11.8 Å². The lowest BCUT2D eigenvalue weighted by Gasteiger charge is -2.19. The number of alkyl halides is 3. The number of aryl methyl sites for hydroxylation is 1. The molecule has 1 fully saturated rings. The van der Waals surface area contributed by atoms with Gasteiger partial charge in [0.05, 0.1) is 17.9 Å². The molecule has 0 unspecified atom stereocenters. The Labute approximate surface area is 223 Å². The van der Waals surface area contributed by atoms with E-state index in [-0.39, 0.29) is 29.6 Å². The second-order valence-corrected chi connectivity index (χ2v) is 11.3. The quantitative estimate of drug-likeness (QED) is 0.397. The van der Waals surface area contributed by atoms with Gasteiger partial charge in [0.15, 0.2) is 5.82 Å². The first kappa shape index (κ1) is 26.8. The first-order valence-electron chi connectivity index (χ1n) is 13.0. The lowest BCUT2D eigenvalue weighted by molar-refractivity contribution is -0.153. The molecule has 206 valence electrons. The Bertz CT molecular complexity index is 1400. The zero-order chi connectivity index (χ0) is 27.9. The molecule has 0 radical (unpaired) electrons. The van der Waals surface area contributed by atoms with Crippen LogP contribution >= 0.6 is 0 Å². The van der Waals surface area contributed by atoms with E-state index in [4.69, 9.17) is 4.52 Å². The van der Waals surface area contributed by atoms with Gasteiger partial charge in [-0.15, -0.1) is 0 Å². The van der Waals surface area contributed by atoms with Crippen molar-refractivity contribution >= 4 is 17.6 Å². The summed E-state index contributed by atoms with van der Waals surface area (Å²) in [6.45, 7) is 5.82. The van der Waals surface area contributed by atoms with Gasteiger partial charge in [-0.3, -0.25) is 9.59 Å². The first-order valence-corrected chi connectivity index (χ1v) is 13.0. The van der Waals surface area contributed by atoms with Gasteiger partial charge in [0, 0.05) is 11.6 Å². The van der Waals surface area contributed by atoms with Crippen LogP contribution in [0.2, 0.25) is 0 Å². The highest BCUT2D eigenvalue weighted by atomic mass is 19.4. The third kappa shape index (κ3) is 5.97. The van der Waals surface area contributed by atoms with E-state index < -0.39 is 29.8 Å². The summed E-state index contributed by atoms with van der Waals surface area (Å²) in [6.07, 6.45) is 0.445. The Morgan fingerprint density at radius 1 is 1.05 bits per heavy atom. The SMILES string of the molecule is CC(C)(C)c1noc(C(=O)N[C@@H]2CCCCc3cc(-c4ccnc(NC(=O)[C@@H]5C[C@@H]5C(F)(F)F)c4)ccc32)n1. The van der Waals surface area contributed by atoms with Crippen LogP contribution in [0.5, 0.6) is 0 Å². The molecule has 5 rings (SSSR count). The topological polar surface area (TPSA) is 110 Å². The maximum Gasteiger partial charge on any atom is 0.392 e. The summed E-state index contributed by atoms with van der Waals surface area (Å²) < 4.78 is 43.7. The normalized spacial score (nSPS) is 21.0. The Morgan fingerprint density at radius 3 is 2.51 bits per heavy atom. The molecule has 3 aromatic rings. The molecule has 1 saturated carbocycles. The number of aromatic nitrogens is 3. The molecule has 39 heavy (non-hydrogen) atoms. The lowest BCUT2D eigenvalue weighted by atomic mass is 9.94. The fourth-order valence-corrected chi connectivity index (χ4v) is 4.90. The van der Waals surface area contributed by atoms with Crippen LogP contribution in [0.4, 0.5) is 19.0 Å². The van der Waals surface area contributed by atoms with E-state index in [1.807, 2.05) is 39.0 Å². The van der Waals surface area contributed by atoms with Crippen molar-refractivity contribution < 1.29 is 27.3 Å². The highest BCUT2D eigenvalue weighted by molar-refractivity contribution is 5.94. The van der Waals surface area contributed by atoms with E-state index in [9.17, 15) is 22.8 Å². The van der Waals surface area contributed by atoms with Crippen molar-refractivity contribution in [2.75, 3.05) is 5.32 Å². The number of fused-ring (bicyclic) bond motifs is 1. The van der Waals surface area contributed by atoms with Crippen LogP contribution in [0.25, 0.3) is 11.1 Å². The van der Waals surface area contributed by atoms with Crippen LogP contribution in [0.15, 0.2) is 41.1 Å². The van der Waals surface area contributed by atoms with Crippen molar-refractivity contribution in [1.29, 1.82) is 0 Å². The number of rotatable bonds is 5. The third-order valence-corrected chi connectivity index (χ3v) is 7.20. The number of halogens is 3. The largest absolute Gasteiger partial charge is 0.392 e. The number of pyridine rings is 1. The average Bonchev–Trinajstić information content (AvgIpc) is 3.58. The molecule has 2 N–H and O–H groups in total. The van der Waals surface area contributed by atoms with Crippen LogP contribution in [-0.2, 0) is 16.6 Å². The zero-order valence-electron chi connectivity index (χ0n) is 21.9.